The Kier molecular flexibility index (Phi) is 6.93. The van der Waals surface area contributed by atoms with Crippen molar-refractivity contribution in [1.82, 2.24) is 19.7 Å². The van der Waals surface area contributed by atoms with E-state index in [-0.39, 0.29) is 5.75 Å². The van der Waals surface area contributed by atoms with Gasteiger partial charge in [0, 0.05) is 51.1 Å². The van der Waals surface area contributed by atoms with Gasteiger partial charge in [-0.15, -0.1) is 0 Å². The van der Waals surface area contributed by atoms with Gasteiger partial charge in [-0.25, -0.2) is 8.42 Å². The largest absolute Gasteiger partial charge is 0.364 e. The summed E-state index contributed by atoms with van der Waals surface area (Å²) in [5.41, 5.74) is 0.431. The standard InChI is InChI=1S/C14H25N5O3S2/c1-12(23-3)10-16-14(15-2)18-5-7-19(8-6-18)24(20,21)11-13-4-9-22-17-13/h4,9,12H,5-8,10-11H2,1-3H3,(H,15,16). The van der Waals surface area contributed by atoms with Gasteiger partial charge < -0.3 is 14.7 Å². The molecule has 0 saturated carbocycles. The van der Waals surface area contributed by atoms with E-state index in [0.717, 1.165) is 12.5 Å². The van der Waals surface area contributed by atoms with Crippen LogP contribution in [0.25, 0.3) is 0 Å². The Balaban J connectivity index is 1.88. The maximum Gasteiger partial charge on any atom is 0.220 e. The number of piperazine rings is 1. The van der Waals surface area contributed by atoms with Crippen LogP contribution in [-0.2, 0) is 15.8 Å². The van der Waals surface area contributed by atoms with Crippen LogP contribution in [0, 0.1) is 0 Å². The molecular formula is C14H25N5O3S2. The van der Waals surface area contributed by atoms with E-state index in [0.29, 0.717) is 37.1 Å². The highest BCUT2D eigenvalue weighted by molar-refractivity contribution is 7.99. The molecule has 1 fully saturated rings. The van der Waals surface area contributed by atoms with E-state index in [9.17, 15) is 8.42 Å². The van der Waals surface area contributed by atoms with E-state index in [4.69, 9.17) is 4.52 Å². The maximum absolute atomic E-state index is 12.4. The van der Waals surface area contributed by atoms with Crippen molar-refractivity contribution in [2.45, 2.75) is 17.9 Å². The van der Waals surface area contributed by atoms with Crippen molar-refractivity contribution in [3.63, 3.8) is 0 Å². The average Bonchev–Trinajstić information content (AvgIpc) is 3.07. The van der Waals surface area contributed by atoms with Gasteiger partial charge in [0.1, 0.15) is 12.0 Å². The van der Waals surface area contributed by atoms with Gasteiger partial charge in [0.15, 0.2) is 5.96 Å². The second-order valence-corrected chi connectivity index (χ2v) is 8.85. The SMILES string of the molecule is CN=C(NCC(C)SC)N1CCN(S(=O)(=O)Cc2ccon2)CC1. The molecule has 0 aromatic carbocycles. The van der Waals surface area contributed by atoms with Gasteiger partial charge in [0.25, 0.3) is 0 Å². The number of sulfonamides is 1. The third-order valence-electron chi connectivity index (χ3n) is 3.91. The van der Waals surface area contributed by atoms with Crippen molar-refractivity contribution < 1.29 is 12.9 Å². The van der Waals surface area contributed by atoms with Crippen LogP contribution >= 0.6 is 11.8 Å². The van der Waals surface area contributed by atoms with Crippen molar-refractivity contribution in [3.8, 4) is 0 Å². The van der Waals surface area contributed by atoms with Crippen LogP contribution < -0.4 is 5.32 Å². The van der Waals surface area contributed by atoms with E-state index in [1.165, 1.54) is 10.6 Å². The van der Waals surface area contributed by atoms with Crippen LogP contribution in [-0.4, -0.2) is 80.0 Å². The molecule has 1 atom stereocenters. The molecule has 136 valence electrons. The molecular weight excluding hydrogens is 350 g/mol. The summed E-state index contributed by atoms with van der Waals surface area (Å²) in [4.78, 5) is 6.39. The minimum atomic E-state index is -3.37. The van der Waals surface area contributed by atoms with Crippen molar-refractivity contribution in [2.75, 3.05) is 46.0 Å². The first-order chi connectivity index (χ1) is 11.5. The van der Waals surface area contributed by atoms with Crippen LogP contribution in [0.15, 0.2) is 21.8 Å². The first-order valence-corrected chi connectivity index (χ1v) is 10.7. The molecule has 1 aliphatic rings. The normalized spacial score (nSPS) is 18.6. The number of thioether (sulfide) groups is 1. The number of nitrogens with zero attached hydrogens (tertiary/aromatic N) is 4. The molecule has 1 N–H and O–H groups in total. The molecule has 1 aliphatic heterocycles. The molecule has 2 rings (SSSR count). The van der Waals surface area contributed by atoms with Gasteiger partial charge in [-0.1, -0.05) is 12.1 Å². The molecule has 1 unspecified atom stereocenters. The molecule has 10 heteroatoms. The van der Waals surface area contributed by atoms with Gasteiger partial charge in [-0.05, 0) is 6.26 Å². The van der Waals surface area contributed by atoms with E-state index in [2.05, 4.69) is 33.5 Å². The van der Waals surface area contributed by atoms with E-state index >= 15 is 0 Å². The first-order valence-electron chi connectivity index (χ1n) is 7.81. The van der Waals surface area contributed by atoms with Gasteiger partial charge in [-0.3, -0.25) is 4.99 Å². The molecule has 0 bridgehead atoms. The molecule has 0 aliphatic carbocycles. The Morgan fingerprint density at radius 3 is 2.71 bits per heavy atom. The predicted octanol–water partition coefficient (Wildman–Crippen LogP) is 0.449. The zero-order valence-electron chi connectivity index (χ0n) is 14.3. The minimum absolute atomic E-state index is 0.123. The summed E-state index contributed by atoms with van der Waals surface area (Å²) in [7, 11) is -1.62. The van der Waals surface area contributed by atoms with Crippen LogP contribution in [0.5, 0.6) is 0 Å². The fourth-order valence-electron chi connectivity index (χ4n) is 2.42. The second kappa shape index (κ2) is 8.72. The lowest BCUT2D eigenvalue weighted by Gasteiger charge is -2.36. The maximum atomic E-state index is 12.4. The van der Waals surface area contributed by atoms with Gasteiger partial charge in [0.2, 0.25) is 10.0 Å². The molecule has 0 spiro atoms. The number of aliphatic imine (C=N–C) groups is 1. The summed E-state index contributed by atoms with van der Waals surface area (Å²) in [5.74, 6) is 0.700. The monoisotopic (exact) mass is 375 g/mol. The number of aromatic nitrogens is 1. The fourth-order valence-corrected chi connectivity index (χ4v) is 4.09. The van der Waals surface area contributed by atoms with Crippen molar-refractivity contribution in [2.24, 2.45) is 4.99 Å². The zero-order chi connectivity index (χ0) is 17.6. The molecule has 1 aromatic rings. The summed E-state index contributed by atoms with van der Waals surface area (Å²) in [6, 6.07) is 1.58. The molecule has 1 saturated heterocycles. The Labute approximate surface area is 147 Å². The Bertz CT molecular complexity index is 625. The smallest absolute Gasteiger partial charge is 0.220 e. The fraction of sp³-hybridized carbons (Fsp3) is 0.714. The van der Waals surface area contributed by atoms with Crippen molar-refractivity contribution in [1.29, 1.82) is 0 Å². The molecule has 24 heavy (non-hydrogen) atoms. The van der Waals surface area contributed by atoms with Gasteiger partial charge in [-0.2, -0.15) is 16.1 Å². The summed E-state index contributed by atoms with van der Waals surface area (Å²) in [5, 5.41) is 7.52. The van der Waals surface area contributed by atoms with Crippen LogP contribution in [0.4, 0.5) is 0 Å². The third-order valence-corrected chi connectivity index (χ3v) is 6.70. The summed E-state index contributed by atoms with van der Waals surface area (Å²) in [6.07, 6.45) is 3.46. The van der Waals surface area contributed by atoms with Crippen molar-refractivity contribution >= 4 is 27.7 Å². The quantitative estimate of drug-likeness (QED) is 0.570. The molecule has 0 radical (unpaired) electrons. The highest BCUT2D eigenvalue weighted by Crippen LogP contribution is 2.13. The van der Waals surface area contributed by atoms with Gasteiger partial charge in [0.05, 0.1) is 5.69 Å². The Morgan fingerprint density at radius 1 is 1.46 bits per heavy atom. The van der Waals surface area contributed by atoms with E-state index < -0.39 is 10.0 Å². The summed E-state index contributed by atoms with van der Waals surface area (Å²) in [6.45, 7) is 5.10. The highest BCUT2D eigenvalue weighted by atomic mass is 32.2. The molecule has 8 nitrogen and oxygen atoms in total. The lowest BCUT2D eigenvalue weighted by atomic mass is 10.4. The van der Waals surface area contributed by atoms with Crippen LogP contribution in [0.2, 0.25) is 0 Å². The lowest BCUT2D eigenvalue weighted by Crippen LogP contribution is -2.54. The Morgan fingerprint density at radius 2 is 2.17 bits per heavy atom. The topological polar surface area (TPSA) is 91.0 Å². The first kappa shape index (κ1) is 19.1. The third kappa shape index (κ3) is 5.12. The lowest BCUT2D eigenvalue weighted by molar-refractivity contribution is 0.260. The molecule has 2 heterocycles. The average molecular weight is 376 g/mol. The number of hydrogen-bond acceptors (Lipinski definition) is 6. The second-order valence-electron chi connectivity index (χ2n) is 5.61. The predicted molar refractivity (Wildman–Crippen MR) is 96.6 cm³/mol. The number of nitrogens with one attached hydrogen (secondary N) is 1. The molecule has 1 aromatic heterocycles. The number of hydrogen-bond donors (Lipinski definition) is 1. The Hall–Kier alpha value is -1.26. The zero-order valence-corrected chi connectivity index (χ0v) is 15.9. The highest BCUT2D eigenvalue weighted by Gasteiger charge is 2.28. The van der Waals surface area contributed by atoms with Crippen molar-refractivity contribution in [3.05, 3.63) is 18.0 Å². The van der Waals surface area contributed by atoms with Crippen LogP contribution in [0.1, 0.15) is 12.6 Å². The number of guanidine groups is 1. The summed E-state index contributed by atoms with van der Waals surface area (Å²) >= 11 is 1.79. The number of rotatable bonds is 6. The van der Waals surface area contributed by atoms with E-state index in [1.807, 2.05) is 0 Å². The summed E-state index contributed by atoms with van der Waals surface area (Å²) < 4.78 is 31.1. The van der Waals surface area contributed by atoms with E-state index in [1.54, 1.807) is 24.9 Å². The molecule has 0 amide bonds. The van der Waals surface area contributed by atoms with Gasteiger partial charge >= 0.3 is 0 Å². The van der Waals surface area contributed by atoms with Crippen LogP contribution in [0.3, 0.4) is 0 Å². The minimum Gasteiger partial charge on any atom is -0.364 e.